The minimum Gasteiger partial charge on any atom is -0.311 e. The number of pyridine rings is 1. The van der Waals surface area contributed by atoms with Gasteiger partial charge in [-0.1, -0.05) is 17.8 Å². The van der Waals surface area contributed by atoms with Gasteiger partial charge in [-0.05, 0) is 38.2 Å². The molecule has 0 saturated heterocycles. The number of H-pyrrole nitrogens is 1. The van der Waals surface area contributed by atoms with Crippen LogP contribution in [-0.2, 0) is 11.2 Å². The molecule has 2 aromatic heterocycles. The first-order valence-corrected chi connectivity index (χ1v) is 8.08. The molecular weight excluding hydrogens is 300 g/mol. The van der Waals surface area contributed by atoms with E-state index in [1.165, 1.54) is 11.8 Å². The summed E-state index contributed by atoms with van der Waals surface area (Å²) in [7, 11) is 0. The monoisotopic (exact) mass is 318 g/mol. The Labute approximate surface area is 132 Å². The van der Waals surface area contributed by atoms with Gasteiger partial charge in [0.1, 0.15) is 5.82 Å². The second-order valence-electron chi connectivity index (χ2n) is 4.91. The summed E-state index contributed by atoms with van der Waals surface area (Å²) in [4.78, 5) is 35.0. The first-order valence-electron chi connectivity index (χ1n) is 6.86. The average Bonchev–Trinajstić information content (AvgIpc) is 2.48. The number of carbonyl (C=O) groups is 1. The molecule has 116 valence electrons. The highest BCUT2D eigenvalue weighted by Gasteiger charge is 2.11. The molecule has 0 atom stereocenters. The van der Waals surface area contributed by atoms with Crippen molar-refractivity contribution in [3.05, 3.63) is 45.5 Å². The lowest BCUT2D eigenvalue weighted by molar-refractivity contribution is -0.116. The Morgan fingerprint density at radius 1 is 1.36 bits per heavy atom. The van der Waals surface area contributed by atoms with Gasteiger partial charge in [0.2, 0.25) is 5.91 Å². The fraction of sp³-hybridized carbons (Fsp3) is 0.333. The van der Waals surface area contributed by atoms with Gasteiger partial charge in [0, 0.05) is 23.9 Å². The zero-order chi connectivity index (χ0) is 16.1. The van der Waals surface area contributed by atoms with Crippen LogP contribution in [0.3, 0.4) is 0 Å². The summed E-state index contributed by atoms with van der Waals surface area (Å²) in [5, 5.41) is 3.30. The summed E-state index contributed by atoms with van der Waals surface area (Å²) in [6.45, 7) is 3.71. The van der Waals surface area contributed by atoms with Crippen LogP contribution in [0.1, 0.15) is 23.2 Å². The molecule has 7 heteroatoms. The molecular formula is C15H18N4O2S. The van der Waals surface area contributed by atoms with Crippen LogP contribution in [0.15, 0.2) is 28.3 Å². The Bertz CT molecular complexity index is 725. The number of aromatic amines is 1. The molecule has 0 unspecified atom stereocenters. The number of amides is 1. The molecule has 0 bridgehead atoms. The third-order valence-corrected chi connectivity index (χ3v) is 3.75. The molecule has 2 heterocycles. The molecule has 0 aliphatic carbocycles. The molecule has 0 radical (unpaired) electrons. The van der Waals surface area contributed by atoms with Gasteiger partial charge < -0.3 is 10.3 Å². The molecule has 2 rings (SSSR count). The van der Waals surface area contributed by atoms with E-state index in [0.717, 1.165) is 5.56 Å². The Balaban J connectivity index is 1.99. The van der Waals surface area contributed by atoms with Crippen LogP contribution in [0.25, 0.3) is 0 Å². The molecule has 0 aliphatic heterocycles. The molecule has 1 amide bonds. The molecule has 0 spiro atoms. The van der Waals surface area contributed by atoms with Crippen LogP contribution in [0, 0.1) is 13.8 Å². The van der Waals surface area contributed by atoms with E-state index in [1.807, 2.05) is 19.2 Å². The van der Waals surface area contributed by atoms with E-state index in [9.17, 15) is 9.59 Å². The van der Waals surface area contributed by atoms with Crippen molar-refractivity contribution in [1.29, 1.82) is 0 Å². The normalized spacial score (nSPS) is 10.5. The smallest absolute Gasteiger partial charge is 0.254 e. The van der Waals surface area contributed by atoms with Crippen LogP contribution in [0.5, 0.6) is 0 Å². The van der Waals surface area contributed by atoms with Gasteiger partial charge >= 0.3 is 0 Å². The number of aromatic nitrogens is 3. The number of aryl methyl sites for hydroxylation is 2. The van der Waals surface area contributed by atoms with Gasteiger partial charge in [0.25, 0.3) is 5.56 Å². The minimum absolute atomic E-state index is 0.177. The van der Waals surface area contributed by atoms with Gasteiger partial charge in [-0.2, -0.15) is 0 Å². The van der Waals surface area contributed by atoms with Crippen molar-refractivity contribution in [3.8, 4) is 0 Å². The van der Waals surface area contributed by atoms with E-state index >= 15 is 0 Å². The van der Waals surface area contributed by atoms with Crippen LogP contribution < -0.4 is 10.9 Å². The summed E-state index contributed by atoms with van der Waals surface area (Å²) in [6.07, 6.45) is 4.09. The molecule has 6 nitrogen and oxygen atoms in total. The number of hydrogen-bond donors (Lipinski definition) is 2. The first kappa shape index (κ1) is 16.2. The van der Waals surface area contributed by atoms with Gasteiger partial charge in [0.15, 0.2) is 5.16 Å². The van der Waals surface area contributed by atoms with Crippen molar-refractivity contribution >= 4 is 23.5 Å². The Morgan fingerprint density at radius 3 is 2.73 bits per heavy atom. The van der Waals surface area contributed by atoms with Crippen molar-refractivity contribution in [2.24, 2.45) is 0 Å². The second-order valence-corrected chi connectivity index (χ2v) is 5.70. The number of nitrogens with one attached hydrogen (secondary N) is 2. The number of thioether (sulfide) groups is 1. The highest BCUT2D eigenvalue weighted by Crippen LogP contribution is 2.10. The van der Waals surface area contributed by atoms with Gasteiger partial charge in [-0.25, -0.2) is 9.97 Å². The zero-order valence-corrected chi connectivity index (χ0v) is 13.6. The van der Waals surface area contributed by atoms with Crippen molar-refractivity contribution in [1.82, 2.24) is 15.0 Å². The minimum atomic E-state index is -0.182. The number of carbonyl (C=O) groups excluding carboxylic acids is 1. The van der Waals surface area contributed by atoms with Crippen LogP contribution in [0.4, 0.5) is 5.82 Å². The van der Waals surface area contributed by atoms with E-state index < -0.39 is 0 Å². The topological polar surface area (TPSA) is 87.7 Å². The molecule has 22 heavy (non-hydrogen) atoms. The first-order chi connectivity index (χ1) is 10.5. The van der Waals surface area contributed by atoms with E-state index in [-0.39, 0.29) is 17.9 Å². The van der Waals surface area contributed by atoms with Gasteiger partial charge in [-0.3, -0.25) is 9.59 Å². The van der Waals surface area contributed by atoms with Gasteiger partial charge in [0.05, 0.1) is 0 Å². The predicted octanol–water partition coefficient (Wildman–Crippen LogP) is 2.07. The zero-order valence-electron chi connectivity index (χ0n) is 12.8. The van der Waals surface area contributed by atoms with E-state index in [1.54, 1.807) is 19.2 Å². The van der Waals surface area contributed by atoms with E-state index in [0.29, 0.717) is 28.7 Å². The molecule has 0 aliphatic rings. The van der Waals surface area contributed by atoms with Gasteiger partial charge in [-0.15, -0.1) is 0 Å². The van der Waals surface area contributed by atoms with E-state index in [4.69, 9.17) is 0 Å². The summed E-state index contributed by atoms with van der Waals surface area (Å²) in [5.41, 5.74) is 2.05. The lowest BCUT2D eigenvalue weighted by Gasteiger charge is -2.07. The number of hydrogen-bond acceptors (Lipinski definition) is 5. The van der Waals surface area contributed by atoms with Crippen molar-refractivity contribution in [2.45, 2.75) is 31.8 Å². The quantitative estimate of drug-likeness (QED) is 0.651. The summed E-state index contributed by atoms with van der Waals surface area (Å²) < 4.78 is 0. The van der Waals surface area contributed by atoms with Crippen LogP contribution in [-0.4, -0.2) is 27.1 Å². The summed E-state index contributed by atoms with van der Waals surface area (Å²) in [6, 6.07) is 3.63. The lowest BCUT2D eigenvalue weighted by atomic mass is 10.1. The predicted molar refractivity (Wildman–Crippen MR) is 87.3 cm³/mol. The fourth-order valence-corrected chi connectivity index (χ4v) is 2.38. The third-order valence-electron chi connectivity index (χ3n) is 3.17. The molecule has 0 fully saturated rings. The SMILES string of the molecule is CSc1nc(C)c(CCC(=O)Nc2ccc(C)cn2)c(=O)[nH]1. The molecule has 2 aromatic rings. The lowest BCUT2D eigenvalue weighted by Crippen LogP contribution is -2.20. The molecule has 0 aromatic carbocycles. The number of nitrogens with zero attached hydrogens (tertiary/aromatic N) is 2. The third kappa shape index (κ3) is 4.17. The highest BCUT2D eigenvalue weighted by molar-refractivity contribution is 7.98. The summed E-state index contributed by atoms with van der Waals surface area (Å²) >= 11 is 1.38. The maximum Gasteiger partial charge on any atom is 0.254 e. The molecule has 2 N–H and O–H groups in total. The van der Waals surface area contributed by atoms with Crippen molar-refractivity contribution in [2.75, 3.05) is 11.6 Å². The molecule has 0 saturated carbocycles. The highest BCUT2D eigenvalue weighted by atomic mass is 32.2. The fourth-order valence-electron chi connectivity index (χ4n) is 1.96. The Morgan fingerprint density at radius 2 is 2.14 bits per heavy atom. The van der Waals surface area contributed by atoms with Crippen LogP contribution >= 0.6 is 11.8 Å². The average molecular weight is 318 g/mol. The Kier molecular flexibility index (Phi) is 5.32. The van der Waals surface area contributed by atoms with E-state index in [2.05, 4.69) is 20.3 Å². The number of rotatable bonds is 5. The largest absolute Gasteiger partial charge is 0.311 e. The Hall–Kier alpha value is -2.15. The number of anilines is 1. The standard InChI is InChI=1S/C15H18N4O2S/c1-9-4-6-12(16-8-9)18-13(20)7-5-11-10(2)17-15(22-3)19-14(11)21/h4,6,8H,5,7H2,1-3H3,(H,16,18,20)(H,17,19,21). The van der Waals surface area contributed by atoms with Crippen molar-refractivity contribution in [3.63, 3.8) is 0 Å². The summed E-state index contributed by atoms with van der Waals surface area (Å²) in [5.74, 6) is 0.334. The maximum atomic E-state index is 12.0. The van der Waals surface area contributed by atoms with Crippen molar-refractivity contribution < 1.29 is 4.79 Å². The van der Waals surface area contributed by atoms with Crippen LogP contribution in [0.2, 0.25) is 0 Å². The second kappa shape index (κ2) is 7.22. The maximum absolute atomic E-state index is 12.0.